The number of amides is 1. The van der Waals surface area contributed by atoms with E-state index in [2.05, 4.69) is 5.32 Å². The first-order valence-corrected chi connectivity index (χ1v) is 8.86. The molecule has 0 aliphatic heterocycles. The van der Waals surface area contributed by atoms with Crippen LogP contribution in [0.4, 0.5) is 13.6 Å². The summed E-state index contributed by atoms with van der Waals surface area (Å²) in [4.78, 5) is 11.6. The van der Waals surface area contributed by atoms with Crippen molar-refractivity contribution in [1.29, 1.82) is 0 Å². The molecule has 0 aromatic heterocycles. The van der Waals surface area contributed by atoms with Gasteiger partial charge in [0.1, 0.15) is 0 Å². The summed E-state index contributed by atoms with van der Waals surface area (Å²) in [6, 6.07) is 0.140. The Kier molecular flexibility index (Phi) is 5.26. The van der Waals surface area contributed by atoms with Crippen LogP contribution >= 0.6 is 0 Å². The average molecular weight is 340 g/mol. The average Bonchev–Trinajstić information content (AvgIpc) is 2.99. The van der Waals surface area contributed by atoms with Gasteiger partial charge in [0, 0.05) is 12.5 Å². The van der Waals surface area contributed by atoms with Crippen LogP contribution in [0.3, 0.4) is 0 Å². The SMILES string of the molecule is O=C(NC1CC2CCC1C2)OCCCCC(F)(F)S(=O)(=O)[O-]. The van der Waals surface area contributed by atoms with Crippen molar-refractivity contribution in [1.82, 2.24) is 5.32 Å². The maximum absolute atomic E-state index is 12.9. The van der Waals surface area contributed by atoms with E-state index in [1.807, 2.05) is 0 Å². The molecular weight excluding hydrogens is 320 g/mol. The summed E-state index contributed by atoms with van der Waals surface area (Å²) < 4.78 is 61.4. The Morgan fingerprint density at radius 1 is 1.27 bits per heavy atom. The molecule has 1 N–H and O–H groups in total. The van der Waals surface area contributed by atoms with Gasteiger partial charge in [0.25, 0.3) is 0 Å². The molecule has 22 heavy (non-hydrogen) atoms. The normalized spacial score (nSPS) is 27.9. The Morgan fingerprint density at radius 3 is 2.55 bits per heavy atom. The van der Waals surface area contributed by atoms with Crippen LogP contribution in [0, 0.1) is 11.8 Å². The van der Waals surface area contributed by atoms with E-state index in [9.17, 15) is 26.5 Å². The molecule has 2 aliphatic carbocycles. The number of unbranched alkanes of at least 4 members (excludes halogenated alkanes) is 1. The minimum absolute atomic E-state index is 0.0786. The molecule has 0 aromatic rings. The number of fused-ring (bicyclic) bond motifs is 2. The number of hydrogen-bond donors (Lipinski definition) is 1. The van der Waals surface area contributed by atoms with E-state index < -0.39 is 27.9 Å². The van der Waals surface area contributed by atoms with E-state index in [0.717, 1.165) is 19.3 Å². The third-order valence-electron chi connectivity index (χ3n) is 4.50. The summed E-state index contributed by atoms with van der Waals surface area (Å²) in [5.41, 5.74) is 0. The predicted octanol–water partition coefficient (Wildman–Crippen LogP) is 2.21. The largest absolute Gasteiger partial charge is 0.743 e. The third-order valence-corrected chi connectivity index (χ3v) is 5.44. The van der Waals surface area contributed by atoms with Gasteiger partial charge in [0.05, 0.1) is 6.61 Å². The van der Waals surface area contributed by atoms with Gasteiger partial charge in [-0.3, -0.25) is 0 Å². The lowest BCUT2D eigenvalue weighted by Crippen LogP contribution is -2.38. The first-order chi connectivity index (χ1) is 10.2. The lowest BCUT2D eigenvalue weighted by molar-refractivity contribution is 0.0646. The first-order valence-electron chi connectivity index (χ1n) is 7.45. The second kappa shape index (κ2) is 6.66. The molecule has 9 heteroatoms. The monoisotopic (exact) mass is 340 g/mol. The molecule has 2 rings (SSSR count). The zero-order chi connectivity index (χ0) is 16.4. The van der Waals surface area contributed by atoms with Gasteiger partial charge in [-0.2, -0.15) is 8.78 Å². The number of nitrogens with one attached hydrogen (secondary N) is 1. The Morgan fingerprint density at radius 2 is 2.00 bits per heavy atom. The molecule has 2 bridgehead atoms. The summed E-state index contributed by atoms with van der Waals surface area (Å²) in [6.07, 6.45) is 2.68. The quantitative estimate of drug-likeness (QED) is 0.566. The van der Waals surface area contributed by atoms with E-state index >= 15 is 0 Å². The topological polar surface area (TPSA) is 95.5 Å². The number of alkyl halides is 2. The first kappa shape index (κ1) is 17.4. The van der Waals surface area contributed by atoms with Crippen molar-refractivity contribution in [3.8, 4) is 0 Å². The summed E-state index contributed by atoms with van der Waals surface area (Å²) >= 11 is 0. The lowest BCUT2D eigenvalue weighted by Gasteiger charge is -2.22. The van der Waals surface area contributed by atoms with E-state index in [1.165, 1.54) is 6.42 Å². The van der Waals surface area contributed by atoms with E-state index in [1.54, 1.807) is 0 Å². The minimum Gasteiger partial charge on any atom is -0.743 e. The molecule has 3 atom stereocenters. The van der Waals surface area contributed by atoms with Gasteiger partial charge in [-0.05, 0) is 43.9 Å². The fourth-order valence-electron chi connectivity index (χ4n) is 3.34. The molecule has 2 fully saturated rings. The highest BCUT2D eigenvalue weighted by molar-refractivity contribution is 7.86. The third kappa shape index (κ3) is 4.28. The van der Waals surface area contributed by atoms with Crippen LogP contribution in [0.15, 0.2) is 0 Å². The van der Waals surface area contributed by atoms with Gasteiger partial charge < -0.3 is 14.6 Å². The molecule has 2 aliphatic rings. The molecule has 0 aromatic carbocycles. The van der Waals surface area contributed by atoms with Crippen LogP contribution < -0.4 is 5.32 Å². The zero-order valence-corrected chi connectivity index (χ0v) is 12.9. The fourth-order valence-corrected chi connectivity index (χ4v) is 3.73. The standard InChI is InChI=1S/C13H21F2NO5S/c14-13(15,22(18,19)20)5-1-2-6-21-12(17)16-11-8-9-3-4-10(11)7-9/h9-11H,1-8H2,(H,16,17)(H,18,19,20)/p-1. The number of ether oxygens (including phenoxy) is 1. The Hall–Kier alpha value is -0.960. The summed E-state index contributed by atoms with van der Waals surface area (Å²) in [5.74, 6) is 1.20. The van der Waals surface area contributed by atoms with Crippen molar-refractivity contribution in [2.24, 2.45) is 11.8 Å². The van der Waals surface area contributed by atoms with Crippen molar-refractivity contribution >= 4 is 16.2 Å². The number of alkyl carbamates (subject to hydrolysis) is 1. The highest BCUT2D eigenvalue weighted by Gasteiger charge is 2.40. The van der Waals surface area contributed by atoms with Crippen molar-refractivity contribution in [3.05, 3.63) is 0 Å². The maximum Gasteiger partial charge on any atom is 0.407 e. The lowest BCUT2D eigenvalue weighted by atomic mass is 9.96. The van der Waals surface area contributed by atoms with Gasteiger partial charge in [-0.25, -0.2) is 13.2 Å². The molecule has 0 spiro atoms. The van der Waals surface area contributed by atoms with Crippen molar-refractivity contribution < 1.29 is 31.3 Å². The van der Waals surface area contributed by atoms with Crippen LogP contribution in [0.2, 0.25) is 0 Å². The summed E-state index contributed by atoms with van der Waals surface area (Å²) in [6.45, 7) is -0.0817. The van der Waals surface area contributed by atoms with Gasteiger partial charge in [0.15, 0.2) is 10.1 Å². The van der Waals surface area contributed by atoms with E-state index in [4.69, 9.17) is 4.74 Å². The summed E-state index contributed by atoms with van der Waals surface area (Å²) in [5, 5.41) is -1.48. The highest BCUT2D eigenvalue weighted by Crippen LogP contribution is 2.44. The van der Waals surface area contributed by atoms with Crippen molar-refractivity contribution in [2.45, 2.75) is 56.2 Å². The van der Waals surface area contributed by atoms with Crippen LogP contribution in [-0.2, 0) is 14.9 Å². The number of carbonyl (C=O) groups excluding carboxylic acids is 1. The molecule has 0 radical (unpaired) electrons. The van der Waals surface area contributed by atoms with Crippen LogP contribution in [-0.4, -0.2) is 37.0 Å². The molecular formula is C13H20F2NO5S-. The molecule has 0 heterocycles. The van der Waals surface area contributed by atoms with Gasteiger partial charge in [-0.1, -0.05) is 6.42 Å². The molecule has 2 saturated carbocycles. The van der Waals surface area contributed by atoms with Crippen LogP contribution in [0.1, 0.15) is 44.9 Å². The highest BCUT2D eigenvalue weighted by atomic mass is 32.2. The maximum atomic E-state index is 12.9. The van der Waals surface area contributed by atoms with Gasteiger partial charge in [-0.15, -0.1) is 0 Å². The van der Waals surface area contributed by atoms with E-state index in [-0.39, 0.29) is 25.5 Å². The van der Waals surface area contributed by atoms with Crippen LogP contribution in [0.25, 0.3) is 0 Å². The van der Waals surface area contributed by atoms with Crippen LogP contribution in [0.5, 0.6) is 0 Å². The zero-order valence-electron chi connectivity index (χ0n) is 12.1. The number of halogens is 2. The second-order valence-corrected chi connectivity index (χ2v) is 7.62. The predicted molar refractivity (Wildman–Crippen MR) is 72.2 cm³/mol. The smallest absolute Gasteiger partial charge is 0.407 e. The Balaban J connectivity index is 1.58. The Bertz CT molecular complexity index is 511. The molecule has 3 unspecified atom stereocenters. The van der Waals surface area contributed by atoms with E-state index in [0.29, 0.717) is 11.8 Å². The Labute approximate surface area is 128 Å². The number of hydrogen-bond acceptors (Lipinski definition) is 5. The number of carbonyl (C=O) groups is 1. The summed E-state index contributed by atoms with van der Waals surface area (Å²) in [7, 11) is -5.63. The number of rotatable bonds is 7. The molecule has 6 nitrogen and oxygen atoms in total. The fraction of sp³-hybridized carbons (Fsp3) is 0.923. The van der Waals surface area contributed by atoms with Gasteiger partial charge in [0.2, 0.25) is 0 Å². The van der Waals surface area contributed by atoms with Gasteiger partial charge >= 0.3 is 11.3 Å². The minimum atomic E-state index is -5.63. The molecule has 1 amide bonds. The second-order valence-electron chi connectivity index (χ2n) is 6.11. The van der Waals surface area contributed by atoms with Crippen molar-refractivity contribution in [3.63, 3.8) is 0 Å². The molecule has 0 saturated heterocycles. The molecule has 128 valence electrons. The van der Waals surface area contributed by atoms with Crippen molar-refractivity contribution in [2.75, 3.05) is 6.61 Å².